The first kappa shape index (κ1) is 41.0. The Bertz CT molecular complexity index is 1840. The summed E-state index contributed by atoms with van der Waals surface area (Å²) < 4.78 is 38.6. The molecule has 5 aromatic rings. The molecule has 3 unspecified atom stereocenters. The SMILES string of the molecule is CCCCC(CC)COC(=O)c1sc2c(-c3cc4c(OCC(CC)CCCC)c5cc(C)sc5c(OCC(CC)CCCC)c4s3)sc(C)c2c1F. The second-order valence-corrected chi connectivity index (χ2v) is 19.1. The number of carbonyl (C=O) groups is 1. The zero-order chi connectivity index (χ0) is 37.4. The summed E-state index contributed by atoms with van der Waals surface area (Å²) in [5.74, 6) is 2.16. The van der Waals surface area contributed by atoms with Crippen molar-refractivity contribution in [2.24, 2.45) is 17.8 Å². The molecule has 0 amide bonds. The van der Waals surface area contributed by atoms with E-state index < -0.39 is 11.8 Å². The lowest BCUT2D eigenvalue weighted by molar-refractivity contribution is 0.0429. The van der Waals surface area contributed by atoms with Crippen molar-refractivity contribution >= 4 is 81.6 Å². The van der Waals surface area contributed by atoms with E-state index >= 15 is 4.39 Å². The van der Waals surface area contributed by atoms with Crippen molar-refractivity contribution in [3.63, 3.8) is 0 Å². The highest BCUT2D eigenvalue weighted by atomic mass is 32.1. The summed E-state index contributed by atoms with van der Waals surface area (Å²) in [6.45, 7) is 19.1. The second-order valence-electron chi connectivity index (χ2n) is 14.5. The maximum absolute atomic E-state index is 16.1. The summed E-state index contributed by atoms with van der Waals surface area (Å²) in [5, 5.41) is 2.71. The van der Waals surface area contributed by atoms with Crippen molar-refractivity contribution in [1.29, 1.82) is 0 Å². The molecule has 0 radical (unpaired) electrons. The Morgan fingerprint density at radius 3 is 1.79 bits per heavy atom. The molecule has 9 heteroatoms. The first-order chi connectivity index (χ1) is 25.2. The summed E-state index contributed by atoms with van der Waals surface area (Å²) in [4.78, 5) is 17.5. The van der Waals surface area contributed by atoms with Gasteiger partial charge in [-0.05, 0) is 63.0 Å². The first-order valence-electron chi connectivity index (χ1n) is 19.8. The van der Waals surface area contributed by atoms with Gasteiger partial charge in [0.25, 0.3) is 0 Å². The fourth-order valence-electron chi connectivity index (χ4n) is 7.01. The molecule has 0 spiro atoms. The van der Waals surface area contributed by atoms with Gasteiger partial charge in [-0.15, -0.1) is 45.3 Å². The topological polar surface area (TPSA) is 44.8 Å². The van der Waals surface area contributed by atoms with Gasteiger partial charge in [0.05, 0.1) is 38.8 Å². The third-order valence-corrected chi connectivity index (χ3v) is 15.3. The number of hydrogen-bond donors (Lipinski definition) is 0. The number of aryl methyl sites for hydroxylation is 2. The van der Waals surface area contributed by atoms with Gasteiger partial charge >= 0.3 is 5.97 Å². The third kappa shape index (κ3) is 9.18. The molecule has 0 saturated carbocycles. The number of esters is 1. The van der Waals surface area contributed by atoms with Crippen molar-refractivity contribution in [2.75, 3.05) is 19.8 Å². The maximum Gasteiger partial charge on any atom is 0.351 e. The van der Waals surface area contributed by atoms with Gasteiger partial charge in [0, 0.05) is 30.8 Å². The van der Waals surface area contributed by atoms with E-state index in [-0.39, 0.29) is 4.88 Å². The van der Waals surface area contributed by atoms with Crippen molar-refractivity contribution < 1.29 is 23.4 Å². The summed E-state index contributed by atoms with van der Waals surface area (Å²) in [6, 6.07) is 4.49. The Balaban J connectivity index is 1.59. The fourth-order valence-corrected chi connectivity index (χ4v) is 11.9. The number of unbranched alkanes of at least 4 members (excludes halogenated alkanes) is 3. The molecule has 3 atom stereocenters. The highest BCUT2D eigenvalue weighted by molar-refractivity contribution is 7.31. The predicted octanol–water partition coefficient (Wildman–Crippen LogP) is 15.4. The molecule has 0 fully saturated rings. The number of benzene rings is 1. The minimum absolute atomic E-state index is 0.0769. The van der Waals surface area contributed by atoms with Gasteiger partial charge in [-0.3, -0.25) is 0 Å². The van der Waals surface area contributed by atoms with Crippen molar-refractivity contribution in [3.05, 3.63) is 32.6 Å². The van der Waals surface area contributed by atoms with Crippen LogP contribution in [0, 0.1) is 37.4 Å². The van der Waals surface area contributed by atoms with E-state index in [1.165, 1.54) is 41.9 Å². The lowest BCUT2D eigenvalue weighted by atomic mass is 10.0. The minimum Gasteiger partial charge on any atom is -0.492 e. The normalized spacial score (nSPS) is 13.7. The van der Waals surface area contributed by atoms with E-state index in [4.69, 9.17) is 14.2 Å². The molecule has 5 rings (SSSR count). The number of halogens is 1. The zero-order valence-electron chi connectivity index (χ0n) is 32.6. The van der Waals surface area contributed by atoms with Crippen LogP contribution in [0.3, 0.4) is 0 Å². The van der Waals surface area contributed by atoms with E-state index in [9.17, 15) is 4.79 Å². The molecule has 0 aliphatic carbocycles. The number of fused-ring (bicyclic) bond motifs is 3. The summed E-state index contributed by atoms with van der Waals surface area (Å²) in [7, 11) is 0. The zero-order valence-corrected chi connectivity index (χ0v) is 35.9. The van der Waals surface area contributed by atoms with Crippen LogP contribution in [-0.2, 0) is 4.74 Å². The Morgan fingerprint density at radius 1 is 0.673 bits per heavy atom. The summed E-state index contributed by atoms with van der Waals surface area (Å²) >= 11 is 6.31. The second kappa shape index (κ2) is 19.4. The van der Waals surface area contributed by atoms with E-state index in [1.807, 2.05) is 6.92 Å². The number of carbonyl (C=O) groups excluding carboxylic acids is 1. The number of ether oxygens (including phenoxy) is 3. The van der Waals surface area contributed by atoms with E-state index in [0.29, 0.717) is 43.0 Å². The monoisotopic (exact) mass is 786 g/mol. The van der Waals surface area contributed by atoms with Gasteiger partial charge in [0.15, 0.2) is 11.6 Å². The van der Waals surface area contributed by atoms with Crippen LogP contribution in [-0.4, -0.2) is 25.8 Å². The van der Waals surface area contributed by atoms with Crippen LogP contribution in [0.1, 0.15) is 138 Å². The van der Waals surface area contributed by atoms with Crippen LogP contribution >= 0.6 is 45.3 Å². The third-order valence-electron chi connectivity index (χ3n) is 10.6. The minimum atomic E-state index is -0.551. The number of hydrogen-bond acceptors (Lipinski definition) is 8. The molecule has 52 heavy (non-hydrogen) atoms. The van der Waals surface area contributed by atoms with E-state index in [2.05, 4.69) is 60.6 Å². The molecular weight excluding hydrogens is 728 g/mol. The standard InChI is InChI=1S/C43H59FO4S4/c1-9-15-18-28(12-4)23-46-36-31-21-26(7)49-38(31)37(47-24-29(13-5)19-16-10-2)39-32(36)22-33(51-39)40-41-34(27(8)50-40)35(44)42(52-41)43(45)48-25-30(14-6)20-17-11-3/h21-22,28-30H,9-20,23-25H2,1-8H3. The highest BCUT2D eigenvalue weighted by Crippen LogP contribution is 2.54. The van der Waals surface area contributed by atoms with Crippen LogP contribution in [0.25, 0.3) is 40.0 Å². The van der Waals surface area contributed by atoms with Gasteiger partial charge in [-0.2, -0.15) is 0 Å². The van der Waals surface area contributed by atoms with Crippen molar-refractivity contribution in [3.8, 4) is 21.3 Å². The Labute approximate surface area is 327 Å². The van der Waals surface area contributed by atoms with Crippen LogP contribution < -0.4 is 9.47 Å². The van der Waals surface area contributed by atoms with Crippen LogP contribution in [0.2, 0.25) is 0 Å². The molecular formula is C43H59FO4S4. The number of thiophene rings is 4. The molecule has 4 heterocycles. The molecule has 4 aromatic heterocycles. The average molecular weight is 787 g/mol. The van der Waals surface area contributed by atoms with Gasteiger partial charge in [-0.1, -0.05) is 99.3 Å². The largest absolute Gasteiger partial charge is 0.492 e. The Hall–Kier alpha value is -2.20. The first-order valence-corrected chi connectivity index (χ1v) is 23.1. The maximum atomic E-state index is 16.1. The molecule has 4 nitrogen and oxygen atoms in total. The van der Waals surface area contributed by atoms with Crippen LogP contribution in [0.5, 0.6) is 11.5 Å². The molecule has 1 aromatic carbocycles. The number of rotatable bonds is 22. The molecule has 0 aliphatic heterocycles. The Kier molecular flexibility index (Phi) is 15.3. The molecule has 0 aliphatic rings. The smallest absolute Gasteiger partial charge is 0.351 e. The van der Waals surface area contributed by atoms with E-state index in [0.717, 1.165) is 102 Å². The van der Waals surface area contributed by atoms with Gasteiger partial charge in [-0.25, -0.2) is 9.18 Å². The van der Waals surface area contributed by atoms with Crippen molar-refractivity contribution in [1.82, 2.24) is 0 Å². The molecule has 0 bridgehead atoms. The molecule has 286 valence electrons. The Morgan fingerprint density at radius 2 is 1.21 bits per heavy atom. The molecule has 0 N–H and O–H groups in total. The lowest BCUT2D eigenvalue weighted by Gasteiger charge is -2.19. The molecule has 0 saturated heterocycles. The summed E-state index contributed by atoms with van der Waals surface area (Å²) in [6.07, 6.45) is 13.4. The van der Waals surface area contributed by atoms with Crippen LogP contribution in [0.4, 0.5) is 4.39 Å². The van der Waals surface area contributed by atoms with Crippen molar-refractivity contribution in [2.45, 2.75) is 132 Å². The van der Waals surface area contributed by atoms with Crippen LogP contribution in [0.15, 0.2) is 12.1 Å². The van der Waals surface area contributed by atoms with E-state index in [1.54, 1.807) is 34.0 Å². The van der Waals surface area contributed by atoms with Gasteiger partial charge in [0.2, 0.25) is 0 Å². The lowest BCUT2D eigenvalue weighted by Crippen LogP contribution is -2.14. The quantitative estimate of drug-likeness (QED) is 0.0656. The fraction of sp³-hybridized carbons (Fsp3) is 0.605. The van der Waals surface area contributed by atoms with Gasteiger partial charge in [0.1, 0.15) is 10.6 Å². The highest BCUT2D eigenvalue weighted by Gasteiger charge is 2.29. The van der Waals surface area contributed by atoms with Gasteiger partial charge < -0.3 is 14.2 Å². The average Bonchev–Trinajstić information content (AvgIpc) is 3.91. The summed E-state index contributed by atoms with van der Waals surface area (Å²) in [5.41, 5.74) is 0. The predicted molar refractivity (Wildman–Crippen MR) is 227 cm³/mol.